The van der Waals surface area contributed by atoms with E-state index in [-0.39, 0.29) is 5.41 Å². The molecule has 0 bridgehead atoms. The molecule has 0 radical (unpaired) electrons. The molecule has 0 unspecified atom stereocenters. The fourth-order valence-corrected chi connectivity index (χ4v) is 3.05. The van der Waals surface area contributed by atoms with Crippen LogP contribution < -0.4 is 5.32 Å². The summed E-state index contributed by atoms with van der Waals surface area (Å²) in [6.45, 7) is 12.8. The number of nitrogens with one attached hydrogen (secondary N) is 1. The molecule has 0 aliphatic carbocycles. The number of hydrogen-bond donors (Lipinski definition) is 1. The molecule has 2 rings (SSSR count). The molecule has 1 aromatic heterocycles. The van der Waals surface area contributed by atoms with E-state index in [1.54, 1.807) is 0 Å². The lowest BCUT2D eigenvalue weighted by Crippen LogP contribution is -2.36. The molecule has 1 aliphatic heterocycles. The summed E-state index contributed by atoms with van der Waals surface area (Å²) in [6.07, 6.45) is 6.78. The number of rotatable bonds is 6. The van der Waals surface area contributed by atoms with Crippen LogP contribution in [-0.4, -0.2) is 29.0 Å². The zero-order valence-electron chi connectivity index (χ0n) is 13.4. The number of aryl methyl sites for hydroxylation is 1. The van der Waals surface area contributed by atoms with Gasteiger partial charge in [0.2, 0.25) is 0 Å². The molecule has 114 valence electrons. The van der Waals surface area contributed by atoms with E-state index in [0.717, 1.165) is 32.7 Å². The van der Waals surface area contributed by atoms with Crippen molar-refractivity contribution in [1.82, 2.24) is 15.1 Å². The summed E-state index contributed by atoms with van der Waals surface area (Å²) in [6, 6.07) is 0. The van der Waals surface area contributed by atoms with Crippen LogP contribution in [-0.2, 0) is 17.8 Å². The van der Waals surface area contributed by atoms with Gasteiger partial charge >= 0.3 is 0 Å². The van der Waals surface area contributed by atoms with Crippen molar-refractivity contribution in [3.8, 4) is 0 Å². The molecule has 0 saturated carbocycles. The minimum absolute atomic E-state index is 0.231. The highest BCUT2D eigenvalue weighted by Gasteiger charge is 2.36. The normalized spacial score (nSPS) is 23.4. The molecule has 4 heteroatoms. The minimum atomic E-state index is 0.231. The Kier molecular flexibility index (Phi) is 5.22. The van der Waals surface area contributed by atoms with E-state index in [4.69, 9.17) is 4.74 Å². The predicted molar refractivity (Wildman–Crippen MR) is 81.5 cm³/mol. The van der Waals surface area contributed by atoms with Crippen LogP contribution in [0.2, 0.25) is 0 Å². The first-order valence-corrected chi connectivity index (χ1v) is 7.84. The fourth-order valence-electron chi connectivity index (χ4n) is 3.05. The van der Waals surface area contributed by atoms with Gasteiger partial charge in [-0.2, -0.15) is 5.10 Å². The van der Waals surface area contributed by atoms with E-state index in [1.807, 2.05) is 10.9 Å². The maximum atomic E-state index is 5.91. The summed E-state index contributed by atoms with van der Waals surface area (Å²) in [4.78, 5) is 0. The molecule has 1 N–H and O–H groups in total. The van der Waals surface area contributed by atoms with Gasteiger partial charge in [0, 0.05) is 43.9 Å². The Balaban J connectivity index is 1.77. The van der Waals surface area contributed by atoms with Gasteiger partial charge in [0.15, 0.2) is 0 Å². The molecular weight excluding hydrogens is 250 g/mol. The van der Waals surface area contributed by atoms with Crippen LogP contribution >= 0.6 is 0 Å². The summed E-state index contributed by atoms with van der Waals surface area (Å²) in [7, 11) is 0. The van der Waals surface area contributed by atoms with Crippen LogP contribution in [0, 0.1) is 11.3 Å². The average molecular weight is 279 g/mol. The van der Waals surface area contributed by atoms with Crippen molar-refractivity contribution < 1.29 is 4.74 Å². The average Bonchev–Trinajstić information content (AvgIpc) is 2.98. The van der Waals surface area contributed by atoms with Crippen LogP contribution in [0.3, 0.4) is 0 Å². The number of nitrogens with zero attached hydrogens (tertiary/aromatic N) is 2. The smallest absolute Gasteiger partial charge is 0.0664 e. The van der Waals surface area contributed by atoms with Crippen LogP contribution in [0.4, 0.5) is 0 Å². The maximum absolute atomic E-state index is 5.91. The Bertz CT molecular complexity index is 408. The molecule has 2 heterocycles. The monoisotopic (exact) mass is 279 g/mol. The first-order chi connectivity index (χ1) is 9.50. The Morgan fingerprint density at radius 2 is 2.25 bits per heavy atom. The van der Waals surface area contributed by atoms with Crippen LogP contribution in [0.15, 0.2) is 12.4 Å². The van der Waals surface area contributed by atoms with E-state index in [9.17, 15) is 0 Å². The van der Waals surface area contributed by atoms with Gasteiger partial charge in [-0.1, -0.05) is 27.7 Å². The molecule has 1 aromatic rings. The van der Waals surface area contributed by atoms with Gasteiger partial charge in [0.1, 0.15) is 0 Å². The molecule has 0 amide bonds. The quantitative estimate of drug-likeness (QED) is 0.870. The van der Waals surface area contributed by atoms with Gasteiger partial charge in [0.05, 0.1) is 12.3 Å². The first kappa shape index (κ1) is 15.5. The molecule has 0 spiro atoms. The predicted octanol–water partition coefficient (Wildman–Crippen LogP) is 2.83. The van der Waals surface area contributed by atoms with E-state index in [2.05, 4.69) is 44.3 Å². The highest BCUT2D eigenvalue weighted by Crippen LogP contribution is 2.34. The van der Waals surface area contributed by atoms with Gasteiger partial charge < -0.3 is 10.1 Å². The van der Waals surface area contributed by atoms with Crippen molar-refractivity contribution in [3.63, 3.8) is 0 Å². The third-order valence-electron chi connectivity index (χ3n) is 3.94. The Labute approximate surface area is 122 Å². The molecule has 4 nitrogen and oxygen atoms in total. The number of hydrogen-bond acceptors (Lipinski definition) is 3. The molecule has 2 atom stereocenters. The van der Waals surface area contributed by atoms with Crippen molar-refractivity contribution in [3.05, 3.63) is 18.0 Å². The molecule has 20 heavy (non-hydrogen) atoms. The van der Waals surface area contributed by atoms with E-state index >= 15 is 0 Å². The lowest BCUT2D eigenvalue weighted by atomic mass is 9.81. The Morgan fingerprint density at radius 3 is 2.95 bits per heavy atom. The standard InChI is InChI=1S/C16H29N3O/c1-5-7-19-12-13(10-18-19)9-17-11-14-6-8-20-15(14)16(2,3)4/h10,12,14-15,17H,5-9,11H2,1-4H3/t14-,15+/m1/s1. The van der Waals surface area contributed by atoms with Crippen molar-refractivity contribution in [2.45, 2.75) is 59.7 Å². The molecule has 0 aromatic carbocycles. The zero-order chi connectivity index (χ0) is 14.6. The third kappa shape index (κ3) is 4.06. The van der Waals surface area contributed by atoms with Crippen molar-refractivity contribution in [2.75, 3.05) is 13.2 Å². The highest BCUT2D eigenvalue weighted by molar-refractivity contribution is 5.03. The summed E-state index contributed by atoms with van der Waals surface area (Å²) in [5, 5.41) is 7.93. The lowest BCUT2D eigenvalue weighted by molar-refractivity contribution is 0.00721. The van der Waals surface area contributed by atoms with E-state index in [1.165, 1.54) is 12.0 Å². The van der Waals surface area contributed by atoms with Crippen molar-refractivity contribution in [1.29, 1.82) is 0 Å². The second kappa shape index (κ2) is 6.72. The maximum Gasteiger partial charge on any atom is 0.0664 e. The fraction of sp³-hybridized carbons (Fsp3) is 0.812. The molecule has 1 aliphatic rings. The Hall–Kier alpha value is -0.870. The van der Waals surface area contributed by atoms with Crippen LogP contribution in [0.25, 0.3) is 0 Å². The summed E-state index contributed by atoms with van der Waals surface area (Å²) in [5.41, 5.74) is 1.50. The van der Waals surface area contributed by atoms with E-state index in [0.29, 0.717) is 12.0 Å². The van der Waals surface area contributed by atoms with Crippen molar-refractivity contribution >= 4 is 0 Å². The number of aromatic nitrogens is 2. The summed E-state index contributed by atoms with van der Waals surface area (Å²) >= 11 is 0. The number of ether oxygens (including phenoxy) is 1. The summed E-state index contributed by atoms with van der Waals surface area (Å²) < 4.78 is 7.93. The largest absolute Gasteiger partial charge is 0.377 e. The van der Waals surface area contributed by atoms with E-state index < -0.39 is 0 Å². The Morgan fingerprint density at radius 1 is 1.45 bits per heavy atom. The van der Waals surface area contributed by atoms with Crippen LogP contribution in [0.5, 0.6) is 0 Å². The second-order valence-corrected chi connectivity index (χ2v) is 6.95. The lowest BCUT2D eigenvalue weighted by Gasteiger charge is -2.31. The second-order valence-electron chi connectivity index (χ2n) is 6.95. The van der Waals surface area contributed by atoms with Gasteiger partial charge in [-0.05, 0) is 18.3 Å². The molecule has 1 saturated heterocycles. The minimum Gasteiger partial charge on any atom is -0.377 e. The summed E-state index contributed by atoms with van der Waals surface area (Å²) in [5.74, 6) is 0.626. The van der Waals surface area contributed by atoms with Gasteiger partial charge in [-0.15, -0.1) is 0 Å². The van der Waals surface area contributed by atoms with Gasteiger partial charge in [-0.25, -0.2) is 0 Å². The van der Waals surface area contributed by atoms with Crippen LogP contribution in [0.1, 0.15) is 46.1 Å². The van der Waals surface area contributed by atoms with Crippen molar-refractivity contribution in [2.24, 2.45) is 11.3 Å². The topological polar surface area (TPSA) is 39.1 Å². The molecular formula is C16H29N3O. The van der Waals surface area contributed by atoms with Gasteiger partial charge in [0.25, 0.3) is 0 Å². The third-order valence-corrected chi connectivity index (χ3v) is 3.94. The molecule has 1 fully saturated rings. The highest BCUT2D eigenvalue weighted by atomic mass is 16.5. The SMILES string of the molecule is CCCn1cc(CNC[C@H]2CCO[C@@H]2C(C)(C)C)cn1. The zero-order valence-corrected chi connectivity index (χ0v) is 13.4. The first-order valence-electron chi connectivity index (χ1n) is 7.84. The van der Waals surface area contributed by atoms with Gasteiger partial charge in [-0.3, -0.25) is 4.68 Å².